The first-order chi connectivity index (χ1) is 6.20. The van der Waals surface area contributed by atoms with Gasteiger partial charge in [0.1, 0.15) is 5.78 Å². The third kappa shape index (κ3) is 7.97. The molecule has 0 aromatic heterocycles. The Morgan fingerprint density at radius 3 is 2.46 bits per heavy atom. The van der Waals surface area contributed by atoms with Crippen LogP contribution >= 0.6 is 0 Å². The number of aliphatic hydroxyl groups is 1. The normalized spacial score (nSPS) is 12.8. The van der Waals surface area contributed by atoms with E-state index in [2.05, 4.69) is 6.92 Å². The number of hydrogen-bond donors (Lipinski definition) is 1. The molecule has 13 heavy (non-hydrogen) atoms. The molecular formula is C11H22O2. The second-order valence-corrected chi connectivity index (χ2v) is 3.64. The Balaban J connectivity index is 3.38. The summed E-state index contributed by atoms with van der Waals surface area (Å²) in [5.74, 6) is 0.200. The lowest BCUT2D eigenvalue weighted by molar-refractivity contribution is -0.121. The van der Waals surface area contributed by atoms with Crippen molar-refractivity contribution in [2.45, 2.75) is 64.9 Å². The summed E-state index contributed by atoms with van der Waals surface area (Å²) < 4.78 is 0. The second kappa shape index (κ2) is 8.24. The minimum absolute atomic E-state index is 0.200. The molecule has 0 saturated heterocycles. The van der Waals surface area contributed by atoms with Gasteiger partial charge in [0.2, 0.25) is 0 Å². The van der Waals surface area contributed by atoms with Gasteiger partial charge >= 0.3 is 0 Å². The van der Waals surface area contributed by atoms with E-state index in [-0.39, 0.29) is 5.78 Å². The largest absolute Gasteiger partial charge is 0.393 e. The van der Waals surface area contributed by atoms with Crippen LogP contribution in [-0.2, 0) is 4.79 Å². The highest BCUT2D eigenvalue weighted by Gasteiger charge is 2.08. The molecule has 1 N–H and O–H groups in total. The van der Waals surface area contributed by atoms with Crippen molar-refractivity contribution in [1.29, 1.82) is 0 Å². The average Bonchev–Trinajstić information content (AvgIpc) is 2.05. The Labute approximate surface area is 81.3 Å². The lowest BCUT2D eigenvalue weighted by Gasteiger charge is -2.08. The zero-order valence-corrected chi connectivity index (χ0v) is 8.88. The fraction of sp³-hybridized carbons (Fsp3) is 0.909. The number of hydrogen-bond acceptors (Lipinski definition) is 2. The van der Waals surface area contributed by atoms with E-state index < -0.39 is 6.10 Å². The van der Waals surface area contributed by atoms with Gasteiger partial charge in [-0.05, 0) is 12.8 Å². The lowest BCUT2D eigenvalue weighted by atomic mass is 10.0. The minimum atomic E-state index is -0.398. The van der Waals surface area contributed by atoms with Crippen LogP contribution in [0.15, 0.2) is 0 Å². The standard InChI is InChI=1S/C11H22O2/c1-3-5-6-8-11(13)9-10(12)7-4-2/h11,13H,3-9H2,1-2H3. The molecule has 78 valence electrons. The van der Waals surface area contributed by atoms with Crippen LogP contribution in [0.1, 0.15) is 58.8 Å². The van der Waals surface area contributed by atoms with Gasteiger partial charge in [0.15, 0.2) is 0 Å². The molecule has 0 spiro atoms. The molecule has 0 aliphatic rings. The van der Waals surface area contributed by atoms with Crippen LogP contribution < -0.4 is 0 Å². The highest BCUT2D eigenvalue weighted by Crippen LogP contribution is 2.08. The quantitative estimate of drug-likeness (QED) is 0.592. The number of rotatable bonds is 8. The van der Waals surface area contributed by atoms with E-state index in [1.807, 2.05) is 6.92 Å². The van der Waals surface area contributed by atoms with Crippen LogP contribution in [-0.4, -0.2) is 17.0 Å². The number of aliphatic hydroxyl groups excluding tert-OH is 1. The summed E-state index contributed by atoms with van der Waals surface area (Å²) in [5, 5.41) is 9.45. The average molecular weight is 186 g/mol. The maximum absolute atomic E-state index is 11.1. The molecule has 0 saturated carbocycles. The van der Waals surface area contributed by atoms with E-state index in [0.29, 0.717) is 12.8 Å². The van der Waals surface area contributed by atoms with Gasteiger partial charge < -0.3 is 5.11 Å². The summed E-state index contributed by atoms with van der Waals surface area (Å²) in [5.41, 5.74) is 0. The molecule has 0 aliphatic heterocycles. The molecular weight excluding hydrogens is 164 g/mol. The predicted octanol–water partition coefficient (Wildman–Crippen LogP) is 2.69. The van der Waals surface area contributed by atoms with Gasteiger partial charge in [0.05, 0.1) is 6.10 Å². The molecule has 1 unspecified atom stereocenters. The molecule has 2 nitrogen and oxygen atoms in total. The molecule has 0 aromatic rings. The molecule has 0 amide bonds. The van der Waals surface area contributed by atoms with Gasteiger partial charge in [-0.25, -0.2) is 0 Å². The highest BCUT2D eigenvalue weighted by molar-refractivity contribution is 5.78. The lowest BCUT2D eigenvalue weighted by Crippen LogP contribution is -2.12. The first kappa shape index (κ1) is 12.6. The Bertz CT molecular complexity index is 132. The minimum Gasteiger partial charge on any atom is -0.393 e. The summed E-state index contributed by atoms with van der Waals surface area (Å²) in [6.45, 7) is 4.12. The van der Waals surface area contributed by atoms with Gasteiger partial charge in [-0.2, -0.15) is 0 Å². The Morgan fingerprint density at radius 2 is 1.92 bits per heavy atom. The summed E-state index contributed by atoms with van der Waals surface area (Å²) in [6, 6.07) is 0. The molecule has 0 heterocycles. The zero-order chi connectivity index (χ0) is 10.1. The SMILES string of the molecule is CCCCCC(O)CC(=O)CCC. The van der Waals surface area contributed by atoms with Crippen LogP contribution in [0, 0.1) is 0 Å². The smallest absolute Gasteiger partial charge is 0.135 e. The molecule has 1 atom stereocenters. The summed E-state index contributed by atoms with van der Waals surface area (Å²) >= 11 is 0. The highest BCUT2D eigenvalue weighted by atomic mass is 16.3. The predicted molar refractivity (Wildman–Crippen MR) is 54.7 cm³/mol. The summed E-state index contributed by atoms with van der Waals surface area (Å²) in [6.07, 6.45) is 5.60. The Morgan fingerprint density at radius 1 is 1.23 bits per heavy atom. The third-order valence-electron chi connectivity index (χ3n) is 2.13. The van der Waals surface area contributed by atoms with Gasteiger partial charge in [-0.1, -0.05) is 33.1 Å². The van der Waals surface area contributed by atoms with Crippen molar-refractivity contribution in [2.75, 3.05) is 0 Å². The van der Waals surface area contributed by atoms with Crippen molar-refractivity contribution < 1.29 is 9.90 Å². The van der Waals surface area contributed by atoms with Crippen molar-refractivity contribution >= 4 is 5.78 Å². The van der Waals surface area contributed by atoms with E-state index in [1.165, 1.54) is 0 Å². The number of carbonyl (C=O) groups is 1. The zero-order valence-electron chi connectivity index (χ0n) is 8.88. The molecule has 0 aromatic carbocycles. The monoisotopic (exact) mass is 186 g/mol. The number of unbranched alkanes of at least 4 members (excludes halogenated alkanes) is 2. The van der Waals surface area contributed by atoms with Gasteiger partial charge in [-0.3, -0.25) is 4.79 Å². The van der Waals surface area contributed by atoms with Gasteiger partial charge in [0, 0.05) is 12.8 Å². The van der Waals surface area contributed by atoms with Crippen LogP contribution in [0.25, 0.3) is 0 Å². The molecule has 0 fully saturated rings. The number of Topliss-reactive ketones (excluding diaryl/α,β-unsaturated/α-hetero) is 1. The van der Waals surface area contributed by atoms with Gasteiger partial charge in [0.25, 0.3) is 0 Å². The first-order valence-corrected chi connectivity index (χ1v) is 5.40. The van der Waals surface area contributed by atoms with Crippen LogP contribution in [0.2, 0.25) is 0 Å². The van der Waals surface area contributed by atoms with Crippen molar-refractivity contribution in [3.05, 3.63) is 0 Å². The van der Waals surface area contributed by atoms with E-state index >= 15 is 0 Å². The maximum atomic E-state index is 11.1. The summed E-state index contributed by atoms with van der Waals surface area (Å²) in [7, 11) is 0. The van der Waals surface area contributed by atoms with E-state index in [1.54, 1.807) is 0 Å². The van der Waals surface area contributed by atoms with Crippen molar-refractivity contribution in [2.24, 2.45) is 0 Å². The fourth-order valence-corrected chi connectivity index (χ4v) is 1.38. The van der Waals surface area contributed by atoms with E-state index in [0.717, 1.165) is 32.1 Å². The number of ketones is 1. The molecule has 2 heteroatoms. The van der Waals surface area contributed by atoms with Crippen LogP contribution in [0.4, 0.5) is 0 Å². The first-order valence-electron chi connectivity index (χ1n) is 5.40. The summed E-state index contributed by atoms with van der Waals surface area (Å²) in [4.78, 5) is 11.1. The van der Waals surface area contributed by atoms with E-state index in [9.17, 15) is 9.90 Å². The van der Waals surface area contributed by atoms with Crippen LogP contribution in [0.3, 0.4) is 0 Å². The molecule has 0 radical (unpaired) electrons. The molecule has 0 aliphatic carbocycles. The second-order valence-electron chi connectivity index (χ2n) is 3.64. The van der Waals surface area contributed by atoms with Crippen molar-refractivity contribution in [3.8, 4) is 0 Å². The van der Waals surface area contributed by atoms with Crippen LogP contribution in [0.5, 0.6) is 0 Å². The fourth-order valence-electron chi connectivity index (χ4n) is 1.38. The van der Waals surface area contributed by atoms with Gasteiger partial charge in [-0.15, -0.1) is 0 Å². The van der Waals surface area contributed by atoms with Crippen molar-refractivity contribution in [1.82, 2.24) is 0 Å². The number of carbonyl (C=O) groups excluding carboxylic acids is 1. The van der Waals surface area contributed by atoms with Crippen molar-refractivity contribution in [3.63, 3.8) is 0 Å². The third-order valence-corrected chi connectivity index (χ3v) is 2.13. The maximum Gasteiger partial charge on any atom is 0.135 e. The van der Waals surface area contributed by atoms with E-state index in [4.69, 9.17) is 0 Å². The molecule has 0 bridgehead atoms. The molecule has 0 rings (SSSR count). The Hall–Kier alpha value is -0.370. The Kier molecular flexibility index (Phi) is 8.00. The topological polar surface area (TPSA) is 37.3 Å².